The molecule has 2 unspecified atom stereocenters. The molecule has 1 aromatic carbocycles. The van der Waals surface area contributed by atoms with Crippen molar-refractivity contribution in [2.24, 2.45) is 23.7 Å². The number of aliphatic hydroxyl groups excluding tert-OH is 1. The number of benzene rings is 1. The van der Waals surface area contributed by atoms with Gasteiger partial charge < -0.3 is 10.4 Å². The fourth-order valence-corrected chi connectivity index (χ4v) is 6.22. The molecule has 2 saturated carbocycles. The van der Waals surface area contributed by atoms with Crippen molar-refractivity contribution in [3.63, 3.8) is 0 Å². The monoisotopic (exact) mass is 455 g/mol. The van der Waals surface area contributed by atoms with Crippen molar-refractivity contribution >= 4 is 43.3 Å². The molecule has 6 atom stereocenters. The minimum atomic E-state index is 0.0492. The third-order valence-electron chi connectivity index (χ3n) is 5.69. The predicted molar refractivity (Wildman–Crippen MR) is 105 cm³/mol. The lowest BCUT2D eigenvalue weighted by atomic mass is 9.80. The van der Waals surface area contributed by atoms with E-state index in [1.54, 1.807) is 6.92 Å². The first-order valence-electron chi connectivity index (χ1n) is 8.33. The summed E-state index contributed by atoms with van der Waals surface area (Å²) in [5.74, 6) is 1.51. The molecule has 5 heteroatoms. The number of aryl methyl sites for hydroxylation is 1. The molecule has 0 aromatic heterocycles. The molecule has 2 bridgehead atoms. The fourth-order valence-electron chi connectivity index (χ4n) is 4.35. The first-order valence-corrected chi connectivity index (χ1v) is 10.2. The van der Waals surface area contributed by atoms with E-state index in [0.29, 0.717) is 32.8 Å². The molecule has 2 fully saturated rings. The van der Waals surface area contributed by atoms with Gasteiger partial charge in [0.2, 0.25) is 0 Å². The lowest BCUT2D eigenvalue weighted by Crippen LogP contribution is -2.37. The number of aliphatic hydroxyl groups is 1. The van der Waals surface area contributed by atoms with Crippen LogP contribution in [-0.2, 0) is 4.79 Å². The highest BCUT2D eigenvalue weighted by molar-refractivity contribution is 9.12. The zero-order valence-corrected chi connectivity index (χ0v) is 17.3. The largest absolute Gasteiger partial charge is 0.512 e. The summed E-state index contributed by atoms with van der Waals surface area (Å²) in [4.78, 5) is 12.8. The first kappa shape index (κ1) is 18.0. The van der Waals surface area contributed by atoms with Crippen LogP contribution in [0.2, 0.25) is 0 Å². The molecular weight excluding hydrogens is 434 g/mol. The number of hydrogen-bond acceptors (Lipinski definition) is 3. The summed E-state index contributed by atoms with van der Waals surface area (Å²) in [6.45, 7) is 3.83. The lowest BCUT2D eigenvalue weighted by molar-refractivity contribution is -0.120. The molecule has 3 nitrogen and oxygen atoms in total. The molecular formula is C19H23Br2NO2. The number of anilines is 1. The Balaban J connectivity index is 0.000000162. The quantitative estimate of drug-likeness (QED) is 0.594. The van der Waals surface area contributed by atoms with Crippen molar-refractivity contribution in [3.8, 4) is 0 Å². The first-order chi connectivity index (χ1) is 11.4. The van der Waals surface area contributed by atoms with Gasteiger partial charge in [0.05, 0.1) is 0 Å². The summed E-state index contributed by atoms with van der Waals surface area (Å²) in [7, 11) is 1.92. The summed E-state index contributed by atoms with van der Waals surface area (Å²) in [5.41, 5.74) is 3.07. The van der Waals surface area contributed by atoms with Gasteiger partial charge >= 0.3 is 0 Å². The number of fused-ring (bicyclic) bond motifs is 5. The van der Waals surface area contributed by atoms with Crippen LogP contribution >= 0.6 is 31.9 Å². The molecule has 4 rings (SSSR count). The molecule has 130 valence electrons. The van der Waals surface area contributed by atoms with Crippen LogP contribution in [0.25, 0.3) is 0 Å². The van der Waals surface area contributed by atoms with Crippen LogP contribution < -0.4 is 5.32 Å². The smallest absolute Gasteiger partial charge is 0.166 e. The zero-order chi connectivity index (χ0) is 17.6. The Morgan fingerprint density at radius 3 is 2.12 bits per heavy atom. The summed E-state index contributed by atoms with van der Waals surface area (Å²) < 4.78 is 0. The van der Waals surface area contributed by atoms with Gasteiger partial charge in [-0.3, -0.25) is 4.79 Å². The van der Waals surface area contributed by atoms with Crippen LogP contribution in [0.15, 0.2) is 35.6 Å². The third-order valence-corrected chi connectivity index (χ3v) is 8.90. The molecule has 1 aromatic rings. The molecule has 2 N–H and O–H groups in total. The van der Waals surface area contributed by atoms with Crippen molar-refractivity contribution in [2.45, 2.75) is 29.9 Å². The second-order valence-corrected chi connectivity index (χ2v) is 9.11. The zero-order valence-electron chi connectivity index (χ0n) is 14.1. The van der Waals surface area contributed by atoms with E-state index < -0.39 is 0 Å². The van der Waals surface area contributed by atoms with Crippen LogP contribution in [0, 0.1) is 30.6 Å². The second-order valence-electron chi connectivity index (χ2n) is 6.99. The van der Waals surface area contributed by atoms with Gasteiger partial charge in [-0.2, -0.15) is 0 Å². The summed E-state index contributed by atoms with van der Waals surface area (Å²) in [5, 5.41) is 13.0. The van der Waals surface area contributed by atoms with Crippen LogP contribution in [0.3, 0.4) is 0 Å². The highest BCUT2D eigenvalue weighted by Gasteiger charge is 2.62. The van der Waals surface area contributed by atoms with Gasteiger partial charge in [-0.25, -0.2) is 0 Å². The maximum Gasteiger partial charge on any atom is 0.166 e. The fraction of sp³-hybridized carbons (Fsp3) is 0.526. The number of alkyl halides is 2. The molecule has 24 heavy (non-hydrogen) atoms. The molecule has 3 aliphatic carbocycles. The number of rotatable bonds is 1. The highest BCUT2D eigenvalue weighted by atomic mass is 79.9. The average molecular weight is 457 g/mol. The van der Waals surface area contributed by atoms with E-state index in [9.17, 15) is 9.90 Å². The Kier molecular flexibility index (Phi) is 5.12. The van der Waals surface area contributed by atoms with Crippen LogP contribution in [0.5, 0.6) is 0 Å². The van der Waals surface area contributed by atoms with E-state index in [-0.39, 0.29) is 17.6 Å². The van der Waals surface area contributed by atoms with Gasteiger partial charge in [-0.1, -0.05) is 49.6 Å². The van der Waals surface area contributed by atoms with Gasteiger partial charge in [-0.15, -0.1) is 0 Å². The molecule has 0 radical (unpaired) electrons. The number of hydrogen-bond donors (Lipinski definition) is 2. The van der Waals surface area contributed by atoms with Gasteiger partial charge in [0.1, 0.15) is 5.76 Å². The number of carbonyl (C=O) groups is 1. The predicted octanol–water partition coefficient (Wildman–Crippen LogP) is 4.85. The molecule has 0 spiro atoms. The molecule has 0 saturated heterocycles. The lowest BCUT2D eigenvalue weighted by Gasteiger charge is -2.31. The number of halogens is 2. The van der Waals surface area contributed by atoms with Gasteiger partial charge in [0, 0.05) is 39.8 Å². The van der Waals surface area contributed by atoms with Crippen LogP contribution in [-0.4, -0.2) is 27.6 Å². The second kappa shape index (κ2) is 6.83. The van der Waals surface area contributed by atoms with E-state index in [2.05, 4.69) is 68.4 Å². The minimum Gasteiger partial charge on any atom is -0.512 e. The van der Waals surface area contributed by atoms with Crippen molar-refractivity contribution in [1.82, 2.24) is 0 Å². The highest BCUT2D eigenvalue weighted by Crippen LogP contribution is 2.62. The topological polar surface area (TPSA) is 49.3 Å². The van der Waals surface area contributed by atoms with Crippen molar-refractivity contribution in [1.29, 1.82) is 0 Å². The molecule has 0 amide bonds. The SMILES string of the molecule is CC1=C(O)[C@@H]2[C@H](C1=O)[C@H]1C[C@@H]2C(Br)C1Br.CNc1ccc(C)cc1. The maximum atomic E-state index is 12.0. The van der Waals surface area contributed by atoms with Crippen LogP contribution in [0.1, 0.15) is 18.9 Å². The Hall–Kier alpha value is -0.810. The Morgan fingerprint density at radius 1 is 1.04 bits per heavy atom. The minimum absolute atomic E-state index is 0.0492. The van der Waals surface area contributed by atoms with Crippen molar-refractivity contribution in [2.75, 3.05) is 12.4 Å². The van der Waals surface area contributed by atoms with Gasteiger partial charge in [0.25, 0.3) is 0 Å². The number of ketones is 1. The van der Waals surface area contributed by atoms with E-state index in [1.165, 1.54) is 11.3 Å². The van der Waals surface area contributed by atoms with E-state index >= 15 is 0 Å². The number of Topliss-reactive ketones (excluding diaryl/α,β-unsaturated/α-hetero) is 1. The van der Waals surface area contributed by atoms with Crippen LogP contribution in [0.4, 0.5) is 5.69 Å². The Morgan fingerprint density at radius 2 is 1.58 bits per heavy atom. The van der Waals surface area contributed by atoms with Crippen molar-refractivity contribution < 1.29 is 9.90 Å². The Labute approximate surface area is 160 Å². The molecule has 0 aliphatic heterocycles. The maximum absolute atomic E-state index is 12.0. The number of allylic oxidation sites excluding steroid dienone is 2. The summed E-state index contributed by atoms with van der Waals surface area (Å²) >= 11 is 7.34. The standard InChI is InChI=1S/C11H12Br2O2.C8H11N/c1-3-10(14)6-4-2-5(7(6)11(3)15)9(13)8(4)12;1-7-3-5-8(9-2)6-4-7/h4-9,14H,2H2,1H3;3-6,9H,1-2H3/t4-,5+,6-,7+,8?,9?;/m0./s1. The Bertz CT molecular complexity index is 670. The average Bonchev–Trinajstić information content (AvgIpc) is 3.17. The molecule has 3 aliphatic rings. The number of carbonyl (C=O) groups excluding carboxylic acids is 1. The van der Waals surface area contributed by atoms with Crippen molar-refractivity contribution in [3.05, 3.63) is 41.2 Å². The normalized spacial score (nSPS) is 36.5. The van der Waals surface area contributed by atoms with E-state index in [0.717, 1.165) is 6.42 Å². The van der Waals surface area contributed by atoms with Gasteiger partial charge in [-0.05, 0) is 44.2 Å². The summed E-state index contributed by atoms with van der Waals surface area (Å²) in [6, 6.07) is 8.31. The third kappa shape index (κ3) is 2.84. The van der Waals surface area contributed by atoms with E-state index in [4.69, 9.17) is 0 Å². The summed E-state index contributed by atoms with van der Waals surface area (Å²) in [6.07, 6.45) is 1.06. The molecule has 0 heterocycles. The van der Waals surface area contributed by atoms with Gasteiger partial charge in [0.15, 0.2) is 5.78 Å². The number of nitrogens with one attached hydrogen (secondary N) is 1. The van der Waals surface area contributed by atoms with E-state index in [1.807, 2.05) is 7.05 Å².